The molecule has 0 aliphatic carbocycles. The molecule has 9 heteroatoms. The molecule has 1 aromatic carbocycles. The fraction of sp³-hybridized carbons (Fsp3) is 0.625. The number of carbonyl (C=O) groups is 2. The van der Waals surface area contributed by atoms with Crippen LogP contribution in [0.5, 0.6) is 0 Å². The lowest BCUT2D eigenvalue weighted by molar-refractivity contribution is -0.777. The molecule has 0 bridgehead atoms. The molecule has 1 unspecified atom stereocenters. The van der Waals surface area contributed by atoms with E-state index in [2.05, 4.69) is 27.8 Å². The maximum Gasteiger partial charge on any atom is 0.305 e. The van der Waals surface area contributed by atoms with Crippen LogP contribution in [0, 0.1) is 0 Å². The van der Waals surface area contributed by atoms with Gasteiger partial charge in [-0.3, -0.25) is 14.6 Å². The summed E-state index contributed by atoms with van der Waals surface area (Å²) in [5.41, 5.74) is 3.37. The Kier molecular flexibility index (Phi) is 11.3. The highest BCUT2D eigenvalue weighted by Crippen LogP contribution is 2.44. The van der Waals surface area contributed by atoms with Crippen LogP contribution in [-0.4, -0.2) is 40.5 Å². The fourth-order valence-corrected chi connectivity index (χ4v) is 4.85. The Morgan fingerprint density at radius 2 is 1.85 bits per heavy atom. The maximum atomic E-state index is 11.5. The van der Waals surface area contributed by atoms with Gasteiger partial charge in [0.25, 0.3) is 0 Å². The van der Waals surface area contributed by atoms with Gasteiger partial charge < -0.3 is 15.1 Å². The van der Waals surface area contributed by atoms with Crippen molar-refractivity contribution < 1.29 is 38.6 Å². The van der Waals surface area contributed by atoms with Gasteiger partial charge in [0.15, 0.2) is 5.71 Å². The molecule has 1 aliphatic rings. The summed E-state index contributed by atoms with van der Waals surface area (Å²) in [6.07, 6.45) is 6.70. The molecule has 0 saturated heterocycles. The summed E-state index contributed by atoms with van der Waals surface area (Å²) >= 11 is 0.884. The number of ether oxygens (including phenoxy) is 1. The van der Waals surface area contributed by atoms with Crippen LogP contribution in [0.3, 0.4) is 0 Å². The molecular weight excluding hydrogens is 446 g/mol. The van der Waals surface area contributed by atoms with E-state index in [1.54, 1.807) is 0 Å². The number of esters is 1. The summed E-state index contributed by atoms with van der Waals surface area (Å²) in [6.45, 7) is 7.45. The van der Waals surface area contributed by atoms with Crippen molar-refractivity contribution in [1.82, 2.24) is 0 Å². The summed E-state index contributed by atoms with van der Waals surface area (Å²) in [5.74, 6) is -0.900. The summed E-state index contributed by atoms with van der Waals surface area (Å²) in [6, 6.07) is 5.99. The van der Waals surface area contributed by atoms with E-state index in [9.17, 15) is 14.8 Å². The smallest absolute Gasteiger partial charge is 0.305 e. The number of fused-ring (bicyclic) bond motifs is 1. The monoisotopic (exact) mass is 481 g/mol. The number of hydrogen-bond donors (Lipinski definition) is 1. The zero-order valence-electron chi connectivity index (χ0n) is 19.8. The number of carboxylic acids is 1. The quantitative estimate of drug-likeness (QED) is 0.0921. The molecule has 1 N–H and O–H groups in total. The van der Waals surface area contributed by atoms with E-state index in [-0.39, 0.29) is 17.8 Å². The van der Waals surface area contributed by atoms with Gasteiger partial charge in [0.05, 0.1) is 24.1 Å². The van der Waals surface area contributed by atoms with Gasteiger partial charge in [0.1, 0.15) is 6.54 Å². The largest absolute Gasteiger partial charge is 0.691 e. The van der Waals surface area contributed by atoms with E-state index < -0.39 is 5.97 Å². The molecule has 0 amide bonds. The second-order valence-corrected chi connectivity index (χ2v) is 9.31. The predicted molar refractivity (Wildman–Crippen MR) is 123 cm³/mol. The number of aliphatic carboxylic acids is 1. The Morgan fingerprint density at radius 1 is 1.12 bits per heavy atom. The first-order valence-electron chi connectivity index (χ1n) is 11.6. The molecule has 0 aromatic heterocycles. The lowest BCUT2D eigenvalue weighted by Gasteiger charge is -2.22. The molecule has 0 radical (unpaired) electrons. The molecule has 1 aliphatic heterocycles. The number of nitrogens with zero attached hydrogens (tertiary/aromatic N) is 1. The van der Waals surface area contributed by atoms with Crippen molar-refractivity contribution in [3.8, 4) is 0 Å². The van der Waals surface area contributed by atoms with Gasteiger partial charge in [0, 0.05) is 42.7 Å². The predicted octanol–water partition coefficient (Wildman–Crippen LogP) is 4.45. The second kappa shape index (κ2) is 13.7. The van der Waals surface area contributed by atoms with Gasteiger partial charge in [0.2, 0.25) is 5.69 Å². The third-order valence-corrected chi connectivity index (χ3v) is 6.92. The first-order chi connectivity index (χ1) is 15.8. The molecule has 8 nitrogen and oxygen atoms in total. The minimum atomic E-state index is -0.758. The summed E-state index contributed by atoms with van der Waals surface area (Å²) in [4.78, 5) is 23.1. The van der Waals surface area contributed by atoms with Crippen LogP contribution in [0.4, 0.5) is 5.69 Å². The van der Waals surface area contributed by atoms with E-state index in [4.69, 9.17) is 9.84 Å². The van der Waals surface area contributed by atoms with E-state index >= 15 is 0 Å². The molecule has 0 fully saturated rings. The summed E-state index contributed by atoms with van der Waals surface area (Å²) in [5, 5.41) is 22.6. The van der Waals surface area contributed by atoms with Gasteiger partial charge in [-0.1, -0.05) is 12.8 Å². The Balaban J connectivity index is 2.10. The molecule has 184 valence electrons. The van der Waals surface area contributed by atoms with E-state index in [1.807, 2.05) is 25.1 Å². The first-order valence-corrected chi connectivity index (χ1v) is 12.3. The van der Waals surface area contributed by atoms with Crippen molar-refractivity contribution in [1.29, 1.82) is 0 Å². The van der Waals surface area contributed by atoms with Crippen LogP contribution in [-0.2, 0) is 29.1 Å². The minimum Gasteiger partial charge on any atom is -0.691 e. The minimum absolute atomic E-state index is 0.142. The van der Waals surface area contributed by atoms with Crippen molar-refractivity contribution >= 4 is 35.4 Å². The molecule has 0 saturated carbocycles. The highest BCUT2D eigenvalue weighted by Gasteiger charge is 2.45. The number of benzene rings is 1. The molecule has 2 rings (SSSR count). The van der Waals surface area contributed by atoms with Crippen LogP contribution < -0.4 is 5.26 Å². The summed E-state index contributed by atoms with van der Waals surface area (Å²) in [7, 11) is 0. The van der Waals surface area contributed by atoms with Gasteiger partial charge in [-0.15, -0.1) is 0 Å². The van der Waals surface area contributed by atoms with Crippen LogP contribution in [0.1, 0.15) is 84.1 Å². The van der Waals surface area contributed by atoms with Crippen LogP contribution >= 0.6 is 12.0 Å². The van der Waals surface area contributed by atoms with E-state index in [0.717, 1.165) is 67.7 Å². The van der Waals surface area contributed by atoms with Crippen LogP contribution in [0.25, 0.3) is 0 Å². The van der Waals surface area contributed by atoms with Gasteiger partial charge >= 0.3 is 11.9 Å². The van der Waals surface area contributed by atoms with Crippen molar-refractivity contribution in [2.75, 3.05) is 13.2 Å². The highest BCUT2D eigenvalue weighted by molar-refractivity contribution is 7.94. The third kappa shape index (κ3) is 7.81. The maximum absolute atomic E-state index is 11.5. The van der Waals surface area contributed by atoms with Crippen molar-refractivity contribution in [3.05, 3.63) is 23.8 Å². The van der Waals surface area contributed by atoms with Crippen molar-refractivity contribution in [2.45, 2.75) is 88.9 Å². The zero-order valence-corrected chi connectivity index (χ0v) is 20.6. The van der Waals surface area contributed by atoms with Gasteiger partial charge in [-0.2, -0.15) is 8.91 Å². The van der Waals surface area contributed by atoms with Gasteiger partial charge in [-0.25, -0.2) is 0 Å². The Hall–Kier alpha value is -1.94. The number of carboxylic acid groups (broad SMARTS) is 1. The number of hydrogen-bond acceptors (Lipinski definition) is 7. The molecule has 1 heterocycles. The summed E-state index contributed by atoms with van der Waals surface area (Å²) < 4.78 is 11.8. The number of carbonyl (C=O) groups excluding carboxylic acids is 1. The van der Waals surface area contributed by atoms with Crippen molar-refractivity contribution in [2.24, 2.45) is 0 Å². The lowest BCUT2D eigenvalue weighted by atomic mass is 9.76. The third-order valence-electron chi connectivity index (χ3n) is 6.35. The molecule has 33 heavy (non-hydrogen) atoms. The fourth-order valence-electron chi connectivity index (χ4n) is 4.46. The normalized spacial score (nSPS) is 17.3. The first kappa shape index (κ1) is 27.3. The molecule has 1 atom stereocenters. The number of unbranched alkanes of at least 4 members (excludes halogenated alkanes) is 4. The lowest BCUT2D eigenvalue weighted by Crippen LogP contribution is -2.30. The standard InChI is InChI=1S/C24H35NO7S/c1-4-30-23(28)12-8-6-10-16-25-18(2)24(3,15-9-5-7-11-22(26)27)20-17-19(33-32-31-29)13-14-21(20)25/h13-14,17H,4-12,15-16H2,1-3H3,(H-,26,27,29). The average Bonchev–Trinajstić information content (AvgIpc) is 2.98. The molecule has 0 spiro atoms. The van der Waals surface area contributed by atoms with E-state index in [0.29, 0.717) is 19.4 Å². The number of rotatable bonds is 16. The second-order valence-electron chi connectivity index (χ2n) is 8.54. The van der Waals surface area contributed by atoms with E-state index in [1.165, 1.54) is 11.3 Å². The Labute approximate surface area is 200 Å². The Morgan fingerprint density at radius 3 is 2.55 bits per heavy atom. The Bertz CT molecular complexity index is 842. The molecule has 1 aromatic rings. The van der Waals surface area contributed by atoms with Crippen molar-refractivity contribution in [3.63, 3.8) is 0 Å². The highest BCUT2D eigenvalue weighted by atomic mass is 32.2. The topological polar surface area (TPSA) is 108 Å². The van der Waals surface area contributed by atoms with Gasteiger partial charge in [-0.05, 0) is 51.7 Å². The van der Waals surface area contributed by atoms with Crippen LogP contribution in [0.15, 0.2) is 23.1 Å². The van der Waals surface area contributed by atoms with Crippen LogP contribution in [0.2, 0.25) is 0 Å². The SMILES string of the molecule is CCOC(=O)CCCCC[N+]1=C(C)C(C)(CCCCCC(=O)O)c2cc(SOO[O-])ccc21. The zero-order chi connectivity index (χ0) is 24.3. The molecular formula is C24H35NO7S. The average molecular weight is 482 g/mol.